The number of aromatic nitrogens is 1. The van der Waals surface area contributed by atoms with E-state index in [1.165, 1.54) is 18.2 Å². The molecule has 7 heteroatoms. The van der Waals surface area contributed by atoms with Crippen LogP contribution < -0.4 is 0 Å². The Morgan fingerprint density at radius 2 is 2.00 bits per heavy atom. The molecule has 1 aromatic heterocycles. The van der Waals surface area contributed by atoms with Gasteiger partial charge in [0.1, 0.15) is 0 Å². The minimum absolute atomic E-state index is 0.149. The number of esters is 1. The number of carbonyl (C=O) groups is 2. The van der Waals surface area contributed by atoms with Crippen molar-refractivity contribution < 1.29 is 19.2 Å². The van der Waals surface area contributed by atoms with Gasteiger partial charge in [-0.3, -0.25) is 19.7 Å². The normalized spacial score (nSPS) is 10.4. The van der Waals surface area contributed by atoms with E-state index in [-0.39, 0.29) is 23.5 Å². The molecule has 0 aliphatic carbocycles. The van der Waals surface area contributed by atoms with Crippen molar-refractivity contribution in [2.75, 3.05) is 6.61 Å². The number of rotatable bonds is 8. The minimum atomic E-state index is -0.687. The maximum Gasteiger partial charge on any atom is 0.310 e. The third kappa shape index (κ3) is 4.24. The van der Waals surface area contributed by atoms with Crippen LogP contribution in [0.25, 0.3) is 0 Å². The third-order valence-electron chi connectivity index (χ3n) is 4.07. The molecule has 1 aromatic carbocycles. The largest absolute Gasteiger partial charge is 0.457 e. The molecular weight excluding hydrogens is 336 g/mol. The number of aryl methyl sites for hydroxylation is 1. The molecule has 0 spiro atoms. The van der Waals surface area contributed by atoms with Gasteiger partial charge >= 0.3 is 5.97 Å². The standard InChI is InChI=1S/C19H20N2O5/c1-4-9-20-13(2)10-16(14(20)3)18(22)12-26-19(23)11-15-7-5-6-8-17(15)21(24)25/h4-8,10H,1,9,11-12H2,2-3H3. The highest BCUT2D eigenvalue weighted by atomic mass is 16.6. The number of ketones is 1. The summed E-state index contributed by atoms with van der Waals surface area (Å²) < 4.78 is 6.96. The van der Waals surface area contributed by atoms with Crippen LogP contribution in [-0.4, -0.2) is 27.8 Å². The zero-order valence-corrected chi connectivity index (χ0v) is 14.7. The summed E-state index contributed by atoms with van der Waals surface area (Å²) in [7, 11) is 0. The number of ether oxygens (including phenoxy) is 1. The highest BCUT2D eigenvalue weighted by Crippen LogP contribution is 2.19. The molecule has 1 heterocycles. The van der Waals surface area contributed by atoms with E-state index in [2.05, 4.69) is 6.58 Å². The SMILES string of the molecule is C=CCn1c(C)cc(C(=O)COC(=O)Cc2ccccc2[N+](=O)[O-])c1C. The van der Waals surface area contributed by atoms with E-state index in [9.17, 15) is 19.7 Å². The first kappa shape index (κ1) is 19.1. The van der Waals surface area contributed by atoms with Gasteiger partial charge in [-0.05, 0) is 19.9 Å². The van der Waals surface area contributed by atoms with E-state index < -0.39 is 17.5 Å². The van der Waals surface area contributed by atoms with Crippen molar-refractivity contribution in [3.8, 4) is 0 Å². The summed E-state index contributed by atoms with van der Waals surface area (Å²) in [6, 6.07) is 7.69. The molecule has 7 nitrogen and oxygen atoms in total. The van der Waals surface area contributed by atoms with Gasteiger partial charge in [-0.1, -0.05) is 24.3 Å². The Balaban J connectivity index is 2.02. The second kappa shape index (κ2) is 8.24. The van der Waals surface area contributed by atoms with Crippen molar-refractivity contribution in [1.29, 1.82) is 0 Å². The average Bonchev–Trinajstić information content (AvgIpc) is 2.88. The Labute approximate surface area is 151 Å². The Bertz CT molecular complexity index is 867. The molecule has 0 saturated carbocycles. The van der Waals surface area contributed by atoms with Gasteiger partial charge in [-0.25, -0.2) is 0 Å². The van der Waals surface area contributed by atoms with E-state index in [0.717, 1.165) is 11.4 Å². The molecule has 0 saturated heterocycles. The van der Waals surface area contributed by atoms with Crippen LogP contribution in [0, 0.1) is 24.0 Å². The smallest absolute Gasteiger partial charge is 0.310 e. The first-order chi connectivity index (χ1) is 12.3. The van der Waals surface area contributed by atoms with Crippen molar-refractivity contribution in [2.24, 2.45) is 0 Å². The molecule has 2 rings (SSSR count). The first-order valence-corrected chi connectivity index (χ1v) is 8.04. The van der Waals surface area contributed by atoms with E-state index >= 15 is 0 Å². The molecule has 26 heavy (non-hydrogen) atoms. The molecular formula is C19H20N2O5. The summed E-state index contributed by atoms with van der Waals surface area (Å²) in [5.41, 5.74) is 2.28. The average molecular weight is 356 g/mol. The first-order valence-electron chi connectivity index (χ1n) is 8.04. The molecule has 0 unspecified atom stereocenters. The van der Waals surface area contributed by atoms with E-state index in [0.29, 0.717) is 12.1 Å². The lowest BCUT2D eigenvalue weighted by molar-refractivity contribution is -0.385. The van der Waals surface area contributed by atoms with Crippen molar-refractivity contribution in [1.82, 2.24) is 4.57 Å². The van der Waals surface area contributed by atoms with Crippen molar-refractivity contribution in [2.45, 2.75) is 26.8 Å². The van der Waals surface area contributed by atoms with Gasteiger partial charge in [0.15, 0.2) is 6.61 Å². The van der Waals surface area contributed by atoms with E-state index in [4.69, 9.17) is 4.74 Å². The predicted molar refractivity (Wildman–Crippen MR) is 96.2 cm³/mol. The molecule has 0 aliphatic heterocycles. The second-order valence-corrected chi connectivity index (χ2v) is 5.83. The van der Waals surface area contributed by atoms with Gasteiger partial charge < -0.3 is 9.30 Å². The number of hydrogen-bond donors (Lipinski definition) is 0. The van der Waals surface area contributed by atoms with Crippen LogP contribution >= 0.6 is 0 Å². The molecule has 0 amide bonds. The second-order valence-electron chi connectivity index (χ2n) is 5.83. The van der Waals surface area contributed by atoms with Crippen molar-refractivity contribution in [3.63, 3.8) is 0 Å². The van der Waals surface area contributed by atoms with Gasteiger partial charge in [0.05, 0.1) is 11.3 Å². The molecule has 136 valence electrons. The van der Waals surface area contributed by atoms with Crippen LogP contribution in [0.2, 0.25) is 0 Å². The zero-order chi connectivity index (χ0) is 19.3. The van der Waals surface area contributed by atoms with Gasteiger partial charge in [0.2, 0.25) is 5.78 Å². The Morgan fingerprint density at radius 3 is 2.65 bits per heavy atom. The summed E-state index contributed by atoms with van der Waals surface area (Å²) in [5, 5.41) is 11.0. The summed E-state index contributed by atoms with van der Waals surface area (Å²) in [6.07, 6.45) is 1.47. The fourth-order valence-electron chi connectivity index (χ4n) is 2.76. The molecule has 0 atom stereocenters. The van der Waals surface area contributed by atoms with E-state index in [1.54, 1.807) is 18.2 Å². The fraction of sp³-hybridized carbons (Fsp3) is 0.263. The zero-order valence-electron chi connectivity index (χ0n) is 14.7. The highest BCUT2D eigenvalue weighted by Gasteiger charge is 2.19. The number of nitrogens with zero attached hydrogens (tertiary/aromatic N) is 2. The topological polar surface area (TPSA) is 91.4 Å². The van der Waals surface area contributed by atoms with Gasteiger partial charge in [0.25, 0.3) is 5.69 Å². The number of allylic oxidation sites excluding steroid dienone is 1. The van der Waals surface area contributed by atoms with E-state index in [1.807, 2.05) is 18.4 Å². The number of hydrogen-bond acceptors (Lipinski definition) is 5. The van der Waals surface area contributed by atoms with Crippen molar-refractivity contribution in [3.05, 3.63) is 75.6 Å². The number of Topliss-reactive ketones (excluding diaryl/α,β-unsaturated/α-hetero) is 1. The molecule has 0 N–H and O–H groups in total. The maximum atomic E-state index is 12.3. The maximum absolute atomic E-state index is 12.3. The van der Waals surface area contributed by atoms with Crippen LogP contribution in [-0.2, 0) is 22.5 Å². The number of para-hydroxylation sites is 1. The molecule has 0 aliphatic rings. The Kier molecular flexibility index (Phi) is 6.06. The lowest BCUT2D eigenvalue weighted by Crippen LogP contribution is -2.16. The summed E-state index contributed by atoms with van der Waals surface area (Å²) in [4.78, 5) is 34.7. The Morgan fingerprint density at radius 1 is 1.31 bits per heavy atom. The number of nitro groups is 1. The monoisotopic (exact) mass is 356 g/mol. The molecule has 0 radical (unpaired) electrons. The predicted octanol–water partition coefficient (Wildman–Crippen LogP) is 3.17. The van der Waals surface area contributed by atoms with Crippen molar-refractivity contribution >= 4 is 17.4 Å². The lowest BCUT2D eigenvalue weighted by Gasteiger charge is -2.07. The van der Waals surface area contributed by atoms with Crippen LogP contribution in [0.4, 0.5) is 5.69 Å². The van der Waals surface area contributed by atoms with Crippen LogP contribution in [0.1, 0.15) is 27.3 Å². The molecule has 0 fully saturated rings. The van der Waals surface area contributed by atoms with Crippen LogP contribution in [0.3, 0.4) is 0 Å². The molecule has 0 bridgehead atoms. The fourth-order valence-corrected chi connectivity index (χ4v) is 2.76. The summed E-state index contributed by atoms with van der Waals surface area (Å²) in [5.74, 6) is -1.00. The third-order valence-corrected chi connectivity index (χ3v) is 4.07. The molecule has 2 aromatic rings. The van der Waals surface area contributed by atoms with Gasteiger partial charge in [-0.2, -0.15) is 0 Å². The van der Waals surface area contributed by atoms with Gasteiger partial charge in [0, 0.05) is 35.1 Å². The minimum Gasteiger partial charge on any atom is -0.457 e. The number of benzene rings is 1. The number of nitro benzene ring substituents is 1. The lowest BCUT2D eigenvalue weighted by atomic mass is 10.1. The van der Waals surface area contributed by atoms with Gasteiger partial charge in [-0.15, -0.1) is 6.58 Å². The Hall–Kier alpha value is -3.22. The number of carbonyl (C=O) groups excluding carboxylic acids is 2. The summed E-state index contributed by atoms with van der Waals surface area (Å²) >= 11 is 0. The van der Waals surface area contributed by atoms with Crippen LogP contribution in [0.15, 0.2) is 43.0 Å². The summed E-state index contributed by atoms with van der Waals surface area (Å²) in [6.45, 7) is 7.57. The highest BCUT2D eigenvalue weighted by molar-refractivity contribution is 5.99. The quantitative estimate of drug-likeness (QED) is 0.238. The van der Waals surface area contributed by atoms with Crippen LogP contribution in [0.5, 0.6) is 0 Å².